The highest BCUT2D eigenvalue weighted by atomic mass is 16.5. The monoisotopic (exact) mass is 250 g/mol. The molecule has 0 aliphatic carbocycles. The fraction of sp³-hybridized carbons (Fsp3) is 0.462. The molecule has 0 saturated heterocycles. The van der Waals surface area contributed by atoms with E-state index in [1.54, 1.807) is 19.1 Å². The topological polar surface area (TPSA) is 50.8 Å². The predicted octanol–water partition coefficient (Wildman–Crippen LogP) is 1.87. The molecule has 1 aliphatic rings. The lowest BCUT2D eigenvalue weighted by Gasteiger charge is -2.33. The molecule has 1 aliphatic heterocycles. The zero-order valence-electron chi connectivity index (χ0n) is 11.1. The molecule has 1 aromatic carbocycles. The van der Waals surface area contributed by atoms with Crippen LogP contribution in [0.2, 0.25) is 0 Å². The van der Waals surface area contributed by atoms with Crippen LogP contribution in [0.15, 0.2) is 12.1 Å². The van der Waals surface area contributed by atoms with Crippen LogP contribution < -0.4 is 19.7 Å². The average Bonchev–Trinajstić information content (AvgIpc) is 2.36. The van der Waals surface area contributed by atoms with E-state index in [0.717, 1.165) is 11.4 Å². The van der Waals surface area contributed by atoms with Gasteiger partial charge in [0.2, 0.25) is 5.91 Å². The van der Waals surface area contributed by atoms with Gasteiger partial charge in [-0.15, -0.1) is 0 Å². The van der Waals surface area contributed by atoms with Gasteiger partial charge in [0.15, 0.2) is 11.5 Å². The zero-order chi connectivity index (χ0) is 13.3. The zero-order valence-corrected chi connectivity index (χ0v) is 11.1. The molecule has 0 aromatic heterocycles. The fourth-order valence-corrected chi connectivity index (χ4v) is 2.17. The number of benzene rings is 1. The third-order valence-electron chi connectivity index (χ3n) is 2.98. The highest BCUT2D eigenvalue weighted by Gasteiger charge is 2.27. The van der Waals surface area contributed by atoms with E-state index in [0.29, 0.717) is 18.0 Å². The maximum Gasteiger partial charge on any atom is 0.246 e. The minimum Gasteiger partial charge on any atom is -0.493 e. The van der Waals surface area contributed by atoms with Crippen LogP contribution in [0.3, 0.4) is 0 Å². The predicted molar refractivity (Wildman–Crippen MR) is 70.7 cm³/mol. The van der Waals surface area contributed by atoms with Crippen molar-refractivity contribution in [2.24, 2.45) is 0 Å². The number of anilines is 2. The van der Waals surface area contributed by atoms with Crippen LogP contribution in [0, 0.1) is 0 Å². The minimum absolute atomic E-state index is 0.0599. The molecular formula is C13H18N2O3. The van der Waals surface area contributed by atoms with Gasteiger partial charge in [0.25, 0.3) is 0 Å². The molecule has 98 valence electrons. The molecular weight excluding hydrogens is 232 g/mol. The van der Waals surface area contributed by atoms with Gasteiger partial charge < -0.3 is 19.7 Å². The summed E-state index contributed by atoms with van der Waals surface area (Å²) in [7, 11) is 3.18. The van der Waals surface area contributed by atoms with Crippen molar-refractivity contribution in [3.8, 4) is 11.5 Å². The summed E-state index contributed by atoms with van der Waals surface area (Å²) in [5.74, 6) is 1.34. The average molecular weight is 250 g/mol. The number of rotatable bonds is 3. The first-order valence-corrected chi connectivity index (χ1v) is 5.90. The SMILES string of the molecule is COc1cc2c(cc1OC)N(C(C)C)C(=O)CN2. The molecule has 0 bridgehead atoms. The number of fused-ring (bicyclic) bond motifs is 1. The summed E-state index contributed by atoms with van der Waals surface area (Å²) in [6, 6.07) is 3.80. The first-order valence-electron chi connectivity index (χ1n) is 5.90. The molecule has 0 saturated carbocycles. The number of carbonyl (C=O) groups excluding carboxylic acids is 1. The van der Waals surface area contributed by atoms with Crippen molar-refractivity contribution in [2.45, 2.75) is 19.9 Å². The third kappa shape index (κ3) is 1.96. The van der Waals surface area contributed by atoms with Crippen molar-refractivity contribution >= 4 is 17.3 Å². The van der Waals surface area contributed by atoms with E-state index >= 15 is 0 Å². The Bertz CT molecular complexity index is 472. The Morgan fingerprint density at radius 3 is 2.39 bits per heavy atom. The smallest absolute Gasteiger partial charge is 0.246 e. The van der Waals surface area contributed by atoms with E-state index in [9.17, 15) is 4.79 Å². The lowest BCUT2D eigenvalue weighted by atomic mass is 10.1. The third-order valence-corrected chi connectivity index (χ3v) is 2.98. The minimum atomic E-state index is 0.0599. The van der Waals surface area contributed by atoms with Gasteiger partial charge in [-0.25, -0.2) is 0 Å². The largest absolute Gasteiger partial charge is 0.493 e. The molecule has 0 radical (unpaired) electrons. The van der Waals surface area contributed by atoms with Crippen molar-refractivity contribution in [2.75, 3.05) is 31.0 Å². The molecule has 0 fully saturated rings. The van der Waals surface area contributed by atoms with Crippen LogP contribution in [0.25, 0.3) is 0 Å². The molecule has 5 heteroatoms. The van der Waals surface area contributed by atoms with Crippen molar-refractivity contribution in [3.05, 3.63) is 12.1 Å². The Labute approximate surface area is 107 Å². The number of amides is 1. The first kappa shape index (κ1) is 12.5. The summed E-state index contributed by atoms with van der Waals surface area (Å²) < 4.78 is 10.5. The van der Waals surface area contributed by atoms with Gasteiger partial charge in [0.05, 0.1) is 32.1 Å². The summed E-state index contributed by atoms with van der Waals surface area (Å²) in [5.41, 5.74) is 1.72. The second-order valence-corrected chi connectivity index (χ2v) is 4.44. The molecule has 0 spiro atoms. The van der Waals surface area contributed by atoms with Gasteiger partial charge >= 0.3 is 0 Å². The van der Waals surface area contributed by atoms with Gasteiger partial charge in [0, 0.05) is 18.2 Å². The normalized spacial score (nSPS) is 14.3. The van der Waals surface area contributed by atoms with Crippen LogP contribution >= 0.6 is 0 Å². The van der Waals surface area contributed by atoms with Gasteiger partial charge in [-0.2, -0.15) is 0 Å². The standard InChI is InChI=1S/C13H18N2O3/c1-8(2)15-10-6-12(18-4)11(17-3)5-9(10)14-7-13(15)16/h5-6,8,14H,7H2,1-4H3. The summed E-state index contributed by atoms with van der Waals surface area (Å²) in [6.45, 7) is 4.29. The van der Waals surface area contributed by atoms with Crippen LogP contribution in [0.1, 0.15) is 13.8 Å². The van der Waals surface area contributed by atoms with Crippen molar-refractivity contribution in [1.29, 1.82) is 0 Å². The van der Waals surface area contributed by atoms with E-state index in [1.165, 1.54) is 0 Å². The summed E-state index contributed by atoms with van der Waals surface area (Å²) in [4.78, 5) is 13.7. The Kier molecular flexibility index (Phi) is 3.32. The number of carbonyl (C=O) groups is 1. The van der Waals surface area contributed by atoms with Gasteiger partial charge in [-0.05, 0) is 13.8 Å². The highest BCUT2D eigenvalue weighted by Crippen LogP contribution is 2.40. The number of hydrogen-bond acceptors (Lipinski definition) is 4. The molecule has 2 rings (SSSR count). The van der Waals surface area contributed by atoms with Crippen LogP contribution in [0.5, 0.6) is 11.5 Å². The van der Waals surface area contributed by atoms with Gasteiger partial charge in [0.1, 0.15) is 0 Å². The molecule has 5 nitrogen and oxygen atoms in total. The summed E-state index contributed by atoms with van der Waals surface area (Å²) >= 11 is 0. The van der Waals surface area contributed by atoms with E-state index in [-0.39, 0.29) is 11.9 Å². The van der Waals surface area contributed by atoms with E-state index < -0.39 is 0 Å². The molecule has 18 heavy (non-hydrogen) atoms. The number of nitrogens with zero attached hydrogens (tertiary/aromatic N) is 1. The van der Waals surface area contributed by atoms with E-state index in [4.69, 9.17) is 9.47 Å². The number of methoxy groups -OCH3 is 2. The second-order valence-electron chi connectivity index (χ2n) is 4.44. The highest BCUT2D eigenvalue weighted by molar-refractivity contribution is 6.03. The van der Waals surface area contributed by atoms with E-state index in [2.05, 4.69) is 5.32 Å². The van der Waals surface area contributed by atoms with Crippen LogP contribution in [0.4, 0.5) is 11.4 Å². The molecule has 1 amide bonds. The summed E-state index contributed by atoms with van der Waals surface area (Å²) in [6.07, 6.45) is 0. The Morgan fingerprint density at radius 2 is 1.83 bits per heavy atom. The maximum atomic E-state index is 11.9. The second kappa shape index (κ2) is 4.76. The molecule has 0 unspecified atom stereocenters. The molecule has 1 heterocycles. The lowest BCUT2D eigenvalue weighted by molar-refractivity contribution is -0.117. The van der Waals surface area contributed by atoms with Crippen molar-refractivity contribution < 1.29 is 14.3 Å². The Balaban J connectivity index is 2.54. The Hall–Kier alpha value is -1.91. The maximum absolute atomic E-state index is 11.9. The number of ether oxygens (including phenoxy) is 2. The van der Waals surface area contributed by atoms with Gasteiger partial charge in [-0.3, -0.25) is 4.79 Å². The fourth-order valence-electron chi connectivity index (χ4n) is 2.17. The molecule has 1 N–H and O–H groups in total. The van der Waals surface area contributed by atoms with E-state index in [1.807, 2.05) is 26.0 Å². The van der Waals surface area contributed by atoms with Crippen LogP contribution in [-0.4, -0.2) is 32.7 Å². The number of nitrogens with one attached hydrogen (secondary N) is 1. The van der Waals surface area contributed by atoms with Crippen molar-refractivity contribution in [3.63, 3.8) is 0 Å². The van der Waals surface area contributed by atoms with Gasteiger partial charge in [-0.1, -0.05) is 0 Å². The first-order chi connectivity index (χ1) is 8.58. The summed E-state index contributed by atoms with van der Waals surface area (Å²) in [5, 5.41) is 3.10. The molecule has 1 aromatic rings. The van der Waals surface area contributed by atoms with Crippen LogP contribution in [-0.2, 0) is 4.79 Å². The lowest BCUT2D eigenvalue weighted by Crippen LogP contribution is -2.44. The quantitative estimate of drug-likeness (QED) is 0.889. The Morgan fingerprint density at radius 1 is 1.22 bits per heavy atom. The molecule has 0 atom stereocenters. The number of hydrogen-bond donors (Lipinski definition) is 1. The van der Waals surface area contributed by atoms with Crippen molar-refractivity contribution in [1.82, 2.24) is 0 Å².